The number of aryl methyl sites for hydroxylation is 1. The zero-order valence-corrected chi connectivity index (χ0v) is 15.2. The molecule has 2 aliphatic rings. The van der Waals surface area contributed by atoms with Crippen LogP contribution in [-0.2, 0) is 11.3 Å². The Balaban J connectivity index is 1.52. The number of piperidine rings is 1. The normalized spacial score (nSPS) is 22.2. The number of carbonyl (C=O) groups excluding carboxylic acids is 1. The van der Waals surface area contributed by atoms with Crippen LogP contribution in [0.4, 0.5) is 0 Å². The summed E-state index contributed by atoms with van der Waals surface area (Å²) in [7, 11) is 0. The first-order valence-electron chi connectivity index (χ1n) is 9.70. The van der Waals surface area contributed by atoms with Gasteiger partial charge in [0.1, 0.15) is 0 Å². The van der Waals surface area contributed by atoms with Gasteiger partial charge >= 0.3 is 0 Å². The SMILES string of the molecule is Cc1ccc(=O)n(CCN2CCCCC2CNC(=O)C2CCCC2)n1. The highest BCUT2D eigenvalue weighted by atomic mass is 16.2. The van der Waals surface area contributed by atoms with Gasteiger partial charge in [0, 0.05) is 31.1 Å². The van der Waals surface area contributed by atoms with Crippen molar-refractivity contribution in [2.45, 2.75) is 64.5 Å². The molecule has 1 aliphatic heterocycles. The van der Waals surface area contributed by atoms with Gasteiger partial charge < -0.3 is 5.32 Å². The van der Waals surface area contributed by atoms with Crippen molar-refractivity contribution in [3.8, 4) is 0 Å². The molecule has 1 atom stereocenters. The lowest BCUT2D eigenvalue weighted by Crippen LogP contribution is -2.48. The third-order valence-corrected chi connectivity index (χ3v) is 5.59. The average molecular weight is 346 g/mol. The number of hydrogen-bond donors (Lipinski definition) is 1. The van der Waals surface area contributed by atoms with Gasteiger partial charge in [-0.3, -0.25) is 14.5 Å². The van der Waals surface area contributed by atoms with E-state index >= 15 is 0 Å². The van der Waals surface area contributed by atoms with Gasteiger partial charge in [0.15, 0.2) is 0 Å². The van der Waals surface area contributed by atoms with Crippen molar-refractivity contribution in [2.24, 2.45) is 5.92 Å². The Morgan fingerprint density at radius 3 is 2.72 bits per heavy atom. The van der Waals surface area contributed by atoms with E-state index in [1.807, 2.05) is 6.92 Å². The van der Waals surface area contributed by atoms with Crippen LogP contribution in [-0.4, -0.2) is 46.3 Å². The van der Waals surface area contributed by atoms with Gasteiger partial charge in [0.05, 0.1) is 12.2 Å². The summed E-state index contributed by atoms with van der Waals surface area (Å²) >= 11 is 0. The Kier molecular flexibility index (Phi) is 6.24. The molecule has 2 fully saturated rings. The van der Waals surface area contributed by atoms with Crippen LogP contribution >= 0.6 is 0 Å². The van der Waals surface area contributed by atoms with E-state index in [1.54, 1.807) is 16.8 Å². The number of amides is 1. The lowest BCUT2D eigenvalue weighted by Gasteiger charge is -2.36. The number of nitrogens with zero attached hydrogens (tertiary/aromatic N) is 3. The molecule has 1 saturated carbocycles. The molecule has 6 heteroatoms. The Hall–Kier alpha value is -1.69. The minimum Gasteiger partial charge on any atom is -0.354 e. The van der Waals surface area contributed by atoms with E-state index in [0.29, 0.717) is 12.6 Å². The van der Waals surface area contributed by atoms with Crippen molar-refractivity contribution < 1.29 is 4.79 Å². The molecular formula is C19H30N4O2. The van der Waals surface area contributed by atoms with Gasteiger partial charge in [-0.1, -0.05) is 19.3 Å². The fourth-order valence-corrected chi connectivity index (χ4v) is 4.07. The van der Waals surface area contributed by atoms with Crippen LogP contribution in [0.5, 0.6) is 0 Å². The zero-order chi connectivity index (χ0) is 17.6. The average Bonchev–Trinajstić information content (AvgIpc) is 3.16. The molecule has 2 heterocycles. The molecule has 138 valence electrons. The van der Waals surface area contributed by atoms with Crippen LogP contribution < -0.4 is 10.9 Å². The first kappa shape index (κ1) is 18.1. The number of likely N-dealkylation sites (tertiary alicyclic amines) is 1. The molecule has 1 unspecified atom stereocenters. The lowest BCUT2D eigenvalue weighted by atomic mass is 10.0. The topological polar surface area (TPSA) is 67.2 Å². The van der Waals surface area contributed by atoms with Crippen molar-refractivity contribution in [2.75, 3.05) is 19.6 Å². The van der Waals surface area contributed by atoms with Crippen LogP contribution in [0.2, 0.25) is 0 Å². The maximum absolute atomic E-state index is 12.3. The molecule has 1 aliphatic carbocycles. The molecule has 0 spiro atoms. The summed E-state index contributed by atoms with van der Waals surface area (Å²) in [6.07, 6.45) is 7.97. The zero-order valence-electron chi connectivity index (χ0n) is 15.2. The van der Waals surface area contributed by atoms with Gasteiger partial charge in [0.25, 0.3) is 5.56 Å². The van der Waals surface area contributed by atoms with Crippen LogP contribution in [0, 0.1) is 12.8 Å². The van der Waals surface area contributed by atoms with Gasteiger partial charge in [-0.15, -0.1) is 0 Å². The summed E-state index contributed by atoms with van der Waals surface area (Å²) in [5, 5.41) is 7.49. The summed E-state index contributed by atoms with van der Waals surface area (Å²) in [4.78, 5) is 26.6. The summed E-state index contributed by atoms with van der Waals surface area (Å²) in [5.74, 6) is 0.465. The standard InChI is InChI=1S/C19H30N4O2/c1-15-9-10-18(24)23(21-15)13-12-22-11-5-4-8-17(22)14-20-19(25)16-6-2-3-7-16/h9-10,16-17H,2-8,11-14H2,1H3,(H,20,25). The number of carbonyl (C=O) groups is 1. The first-order valence-corrected chi connectivity index (χ1v) is 9.70. The van der Waals surface area contributed by atoms with E-state index in [1.165, 1.54) is 25.7 Å². The molecule has 25 heavy (non-hydrogen) atoms. The van der Waals surface area contributed by atoms with Crippen molar-refractivity contribution in [3.05, 3.63) is 28.2 Å². The van der Waals surface area contributed by atoms with E-state index in [4.69, 9.17) is 0 Å². The molecule has 1 aromatic heterocycles. The first-order chi connectivity index (χ1) is 12.1. The fourth-order valence-electron chi connectivity index (χ4n) is 4.07. The predicted molar refractivity (Wildman–Crippen MR) is 97.4 cm³/mol. The molecule has 1 aromatic rings. The van der Waals surface area contributed by atoms with Gasteiger partial charge in [0.2, 0.25) is 5.91 Å². The maximum atomic E-state index is 12.3. The minimum absolute atomic E-state index is 0.0475. The second-order valence-electron chi connectivity index (χ2n) is 7.45. The molecule has 3 rings (SSSR count). The molecule has 1 N–H and O–H groups in total. The quantitative estimate of drug-likeness (QED) is 0.851. The highest BCUT2D eigenvalue weighted by molar-refractivity contribution is 5.78. The highest BCUT2D eigenvalue weighted by Crippen LogP contribution is 2.25. The van der Waals surface area contributed by atoms with Crippen molar-refractivity contribution in [1.29, 1.82) is 0 Å². The van der Waals surface area contributed by atoms with Gasteiger partial charge in [-0.05, 0) is 45.2 Å². The Morgan fingerprint density at radius 2 is 1.92 bits per heavy atom. The summed E-state index contributed by atoms with van der Waals surface area (Å²) < 4.78 is 1.55. The maximum Gasteiger partial charge on any atom is 0.266 e. The van der Waals surface area contributed by atoms with E-state index in [0.717, 1.165) is 44.6 Å². The fraction of sp³-hybridized carbons (Fsp3) is 0.737. The summed E-state index contributed by atoms with van der Waals surface area (Å²) in [6.45, 7) is 5.07. The van der Waals surface area contributed by atoms with Crippen LogP contribution in [0.1, 0.15) is 50.6 Å². The van der Waals surface area contributed by atoms with E-state index in [2.05, 4.69) is 15.3 Å². The van der Waals surface area contributed by atoms with E-state index < -0.39 is 0 Å². The minimum atomic E-state index is -0.0475. The molecule has 1 amide bonds. The Morgan fingerprint density at radius 1 is 1.16 bits per heavy atom. The number of hydrogen-bond acceptors (Lipinski definition) is 4. The van der Waals surface area contributed by atoms with Crippen LogP contribution in [0.3, 0.4) is 0 Å². The highest BCUT2D eigenvalue weighted by Gasteiger charge is 2.26. The Labute approximate surface area is 149 Å². The molecule has 0 aromatic carbocycles. The summed E-state index contributed by atoms with van der Waals surface area (Å²) in [6, 6.07) is 3.71. The number of rotatable bonds is 6. The van der Waals surface area contributed by atoms with Crippen molar-refractivity contribution >= 4 is 5.91 Å². The van der Waals surface area contributed by atoms with E-state index in [9.17, 15) is 9.59 Å². The molecule has 0 bridgehead atoms. The lowest BCUT2D eigenvalue weighted by molar-refractivity contribution is -0.125. The largest absolute Gasteiger partial charge is 0.354 e. The van der Waals surface area contributed by atoms with Crippen LogP contribution in [0.25, 0.3) is 0 Å². The van der Waals surface area contributed by atoms with Gasteiger partial charge in [-0.2, -0.15) is 5.10 Å². The monoisotopic (exact) mass is 346 g/mol. The van der Waals surface area contributed by atoms with Crippen molar-refractivity contribution in [3.63, 3.8) is 0 Å². The second kappa shape index (κ2) is 8.61. The van der Waals surface area contributed by atoms with Crippen molar-refractivity contribution in [1.82, 2.24) is 20.0 Å². The number of nitrogens with one attached hydrogen (secondary N) is 1. The molecular weight excluding hydrogens is 316 g/mol. The predicted octanol–water partition coefficient (Wildman–Crippen LogP) is 1.71. The third kappa shape index (κ3) is 4.91. The smallest absolute Gasteiger partial charge is 0.266 e. The second-order valence-corrected chi connectivity index (χ2v) is 7.45. The number of aromatic nitrogens is 2. The third-order valence-electron chi connectivity index (χ3n) is 5.59. The van der Waals surface area contributed by atoms with Gasteiger partial charge in [-0.25, -0.2) is 4.68 Å². The Bertz CT molecular complexity index is 637. The molecule has 1 saturated heterocycles. The van der Waals surface area contributed by atoms with Crippen LogP contribution in [0.15, 0.2) is 16.9 Å². The molecule has 6 nitrogen and oxygen atoms in total. The molecule has 0 radical (unpaired) electrons. The summed E-state index contributed by atoms with van der Waals surface area (Å²) in [5.41, 5.74) is 0.812. The van der Waals surface area contributed by atoms with E-state index in [-0.39, 0.29) is 17.4 Å².